The van der Waals surface area contributed by atoms with Gasteiger partial charge in [0, 0.05) is 16.4 Å². The van der Waals surface area contributed by atoms with Gasteiger partial charge < -0.3 is 10.1 Å². The van der Waals surface area contributed by atoms with E-state index >= 15 is 0 Å². The van der Waals surface area contributed by atoms with Gasteiger partial charge in [0.05, 0.1) is 0 Å². The smallest absolute Gasteiger partial charge is 0.145 e. The van der Waals surface area contributed by atoms with Crippen molar-refractivity contribution in [3.63, 3.8) is 0 Å². The van der Waals surface area contributed by atoms with Gasteiger partial charge in [0.2, 0.25) is 0 Å². The van der Waals surface area contributed by atoms with E-state index in [1.807, 2.05) is 24.3 Å². The third-order valence-electron chi connectivity index (χ3n) is 2.53. The summed E-state index contributed by atoms with van der Waals surface area (Å²) >= 11 is 3.37. The molecule has 0 heterocycles. The van der Waals surface area contributed by atoms with Crippen molar-refractivity contribution in [3.8, 4) is 23.6 Å². The fourth-order valence-electron chi connectivity index (χ4n) is 1.50. The van der Waals surface area contributed by atoms with Gasteiger partial charge in [-0.1, -0.05) is 15.9 Å². The Morgan fingerprint density at radius 3 is 2.00 bits per heavy atom. The highest BCUT2D eigenvalue weighted by Crippen LogP contribution is 2.24. The van der Waals surface area contributed by atoms with Gasteiger partial charge in [0.15, 0.2) is 0 Å². The minimum Gasteiger partial charge on any atom is -0.457 e. The first-order chi connectivity index (χ1) is 10.2. The molecule has 2 aromatic carbocycles. The lowest BCUT2D eigenvalue weighted by Gasteiger charge is -2.07. The summed E-state index contributed by atoms with van der Waals surface area (Å²) in [5, 5.41) is 20.1. The Balaban J connectivity index is 2.03. The molecular formula is C16H10BrN3O. The predicted octanol–water partition coefficient (Wildman–Crippen LogP) is 4.58. The zero-order valence-electron chi connectivity index (χ0n) is 10.9. The first kappa shape index (κ1) is 14.6. The Morgan fingerprint density at radius 1 is 0.952 bits per heavy atom. The van der Waals surface area contributed by atoms with E-state index in [4.69, 9.17) is 15.3 Å². The van der Waals surface area contributed by atoms with Crippen LogP contribution in [0.1, 0.15) is 0 Å². The first-order valence-corrected chi connectivity index (χ1v) is 6.81. The summed E-state index contributed by atoms with van der Waals surface area (Å²) in [4.78, 5) is 0. The monoisotopic (exact) mass is 339 g/mol. The Hall–Kier alpha value is -2.76. The van der Waals surface area contributed by atoms with Crippen LogP contribution in [0.3, 0.4) is 0 Å². The minimum absolute atomic E-state index is 0.0187. The van der Waals surface area contributed by atoms with Crippen molar-refractivity contribution in [2.24, 2.45) is 0 Å². The standard InChI is InChI=1S/C16H10BrN3O/c17-13-1-5-15(6-2-13)21-16-7-3-14(4-8-16)20-11-12(9-18)10-19/h1-8,11,20H. The van der Waals surface area contributed by atoms with Gasteiger partial charge in [0.1, 0.15) is 29.2 Å². The summed E-state index contributed by atoms with van der Waals surface area (Å²) in [6, 6.07) is 18.3. The first-order valence-electron chi connectivity index (χ1n) is 6.01. The highest BCUT2D eigenvalue weighted by molar-refractivity contribution is 9.10. The van der Waals surface area contributed by atoms with Crippen molar-refractivity contribution < 1.29 is 4.74 Å². The van der Waals surface area contributed by atoms with Crippen molar-refractivity contribution in [2.45, 2.75) is 0 Å². The molecule has 0 radical (unpaired) electrons. The second-order valence-electron chi connectivity index (χ2n) is 4.01. The molecule has 0 fully saturated rings. The molecule has 0 aliphatic rings. The van der Waals surface area contributed by atoms with Crippen LogP contribution in [0.4, 0.5) is 5.69 Å². The molecular weight excluding hydrogens is 330 g/mol. The van der Waals surface area contributed by atoms with Crippen molar-refractivity contribution >= 4 is 21.6 Å². The average Bonchev–Trinajstić information content (AvgIpc) is 2.52. The molecule has 1 N–H and O–H groups in total. The molecule has 0 atom stereocenters. The number of hydrogen-bond donors (Lipinski definition) is 1. The van der Waals surface area contributed by atoms with Crippen LogP contribution in [0.2, 0.25) is 0 Å². The van der Waals surface area contributed by atoms with Crippen LogP contribution in [-0.2, 0) is 0 Å². The molecule has 21 heavy (non-hydrogen) atoms. The molecule has 0 saturated heterocycles. The van der Waals surface area contributed by atoms with Crippen LogP contribution >= 0.6 is 15.9 Å². The number of nitriles is 2. The Kier molecular flexibility index (Phi) is 4.98. The lowest BCUT2D eigenvalue weighted by molar-refractivity contribution is 0.482. The summed E-state index contributed by atoms with van der Waals surface area (Å²) in [6.45, 7) is 0. The zero-order chi connectivity index (χ0) is 15.1. The predicted molar refractivity (Wildman–Crippen MR) is 83.6 cm³/mol. The number of ether oxygens (including phenoxy) is 1. The Labute approximate surface area is 131 Å². The van der Waals surface area contributed by atoms with Gasteiger partial charge in [0.25, 0.3) is 0 Å². The highest BCUT2D eigenvalue weighted by Gasteiger charge is 1.98. The lowest BCUT2D eigenvalue weighted by atomic mass is 10.3. The molecule has 0 saturated carbocycles. The summed E-state index contributed by atoms with van der Waals surface area (Å²) in [5.41, 5.74) is 0.784. The normalized spacial score (nSPS) is 9.10. The zero-order valence-corrected chi connectivity index (χ0v) is 12.5. The number of allylic oxidation sites excluding steroid dienone is 1. The van der Waals surface area contributed by atoms with E-state index in [1.54, 1.807) is 36.4 Å². The fourth-order valence-corrected chi connectivity index (χ4v) is 1.77. The fraction of sp³-hybridized carbons (Fsp3) is 0. The highest BCUT2D eigenvalue weighted by atomic mass is 79.9. The summed E-state index contributed by atoms with van der Waals surface area (Å²) < 4.78 is 6.68. The van der Waals surface area contributed by atoms with Gasteiger partial charge >= 0.3 is 0 Å². The van der Waals surface area contributed by atoms with Crippen LogP contribution in [0, 0.1) is 22.7 Å². The van der Waals surface area contributed by atoms with E-state index in [0.717, 1.165) is 15.9 Å². The van der Waals surface area contributed by atoms with Crippen LogP contribution in [-0.4, -0.2) is 0 Å². The number of hydrogen-bond acceptors (Lipinski definition) is 4. The van der Waals surface area contributed by atoms with E-state index in [1.165, 1.54) is 6.20 Å². The molecule has 0 unspecified atom stereocenters. The van der Waals surface area contributed by atoms with Gasteiger partial charge in [-0.2, -0.15) is 10.5 Å². The van der Waals surface area contributed by atoms with E-state index in [-0.39, 0.29) is 5.57 Å². The Bertz CT molecular complexity index is 706. The number of rotatable bonds is 4. The average molecular weight is 340 g/mol. The lowest BCUT2D eigenvalue weighted by Crippen LogP contribution is -1.90. The van der Waals surface area contributed by atoms with Gasteiger partial charge in [-0.15, -0.1) is 0 Å². The molecule has 5 heteroatoms. The number of anilines is 1. The molecule has 0 aliphatic heterocycles. The van der Waals surface area contributed by atoms with Crippen molar-refractivity contribution in [2.75, 3.05) is 5.32 Å². The second kappa shape index (κ2) is 7.14. The van der Waals surface area contributed by atoms with Gasteiger partial charge in [-0.3, -0.25) is 0 Å². The molecule has 0 spiro atoms. The third-order valence-corrected chi connectivity index (χ3v) is 3.06. The molecule has 2 rings (SSSR count). The second-order valence-corrected chi connectivity index (χ2v) is 4.92. The maximum absolute atomic E-state index is 8.63. The van der Waals surface area contributed by atoms with Crippen LogP contribution in [0.5, 0.6) is 11.5 Å². The summed E-state index contributed by atoms with van der Waals surface area (Å²) in [7, 11) is 0. The molecule has 2 aromatic rings. The Morgan fingerprint density at radius 2 is 1.48 bits per heavy atom. The van der Waals surface area contributed by atoms with Crippen molar-refractivity contribution in [1.29, 1.82) is 10.5 Å². The number of benzene rings is 2. The summed E-state index contributed by atoms with van der Waals surface area (Å²) in [6.07, 6.45) is 1.37. The number of nitrogens with zero attached hydrogens (tertiary/aromatic N) is 2. The number of halogens is 1. The minimum atomic E-state index is 0.0187. The molecule has 4 nitrogen and oxygen atoms in total. The maximum Gasteiger partial charge on any atom is 0.145 e. The largest absolute Gasteiger partial charge is 0.457 e. The van der Waals surface area contributed by atoms with Crippen molar-refractivity contribution in [3.05, 3.63) is 64.8 Å². The van der Waals surface area contributed by atoms with E-state index < -0.39 is 0 Å². The third kappa shape index (κ3) is 4.38. The SMILES string of the molecule is N#CC(C#N)=CNc1ccc(Oc2ccc(Br)cc2)cc1. The quantitative estimate of drug-likeness (QED) is 0.827. The van der Waals surface area contributed by atoms with E-state index in [9.17, 15) is 0 Å². The molecule has 102 valence electrons. The van der Waals surface area contributed by atoms with E-state index in [0.29, 0.717) is 5.75 Å². The van der Waals surface area contributed by atoms with Crippen LogP contribution in [0.25, 0.3) is 0 Å². The topological polar surface area (TPSA) is 68.8 Å². The van der Waals surface area contributed by atoms with Gasteiger partial charge in [-0.25, -0.2) is 0 Å². The number of nitrogens with one attached hydrogen (secondary N) is 1. The molecule has 0 amide bonds. The van der Waals surface area contributed by atoms with E-state index in [2.05, 4.69) is 21.2 Å². The van der Waals surface area contributed by atoms with Crippen molar-refractivity contribution in [1.82, 2.24) is 0 Å². The molecule has 0 bridgehead atoms. The van der Waals surface area contributed by atoms with Crippen LogP contribution < -0.4 is 10.1 Å². The van der Waals surface area contributed by atoms with Gasteiger partial charge in [-0.05, 0) is 48.5 Å². The van der Waals surface area contributed by atoms with Crippen LogP contribution in [0.15, 0.2) is 64.8 Å². The molecule has 0 aliphatic carbocycles. The maximum atomic E-state index is 8.63. The summed E-state index contributed by atoms with van der Waals surface area (Å²) in [5.74, 6) is 1.45. The molecule has 0 aromatic heterocycles.